The fraction of sp³-hybridized carbons (Fsp3) is 1.00. The minimum Gasteiger partial charge on any atom is -0.316 e. The van der Waals surface area contributed by atoms with Crippen LogP contribution in [0.2, 0.25) is 0 Å². The van der Waals surface area contributed by atoms with Crippen molar-refractivity contribution in [1.82, 2.24) is 10.2 Å². The molecule has 0 aliphatic heterocycles. The van der Waals surface area contributed by atoms with Crippen LogP contribution in [0.25, 0.3) is 0 Å². The Hall–Kier alpha value is -0.0800. The maximum Gasteiger partial charge on any atom is 0.00953 e. The van der Waals surface area contributed by atoms with Gasteiger partial charge in [-0.3, -0.25) is 0 Å². The summed E-state index contributed by atoms with van der Waals surface area (Å²) in [4.78, 5) is 2.74. The molecule has 1 aliphatic carbocycles. The van der Waals surface area contributed by atoms with Gasteiger partial charge in [0.25, 0.3) is 0 Å². The molecule has 1 fully saturated rings. The molecule has 2 nitrogen and oxygen atoms in total. The molecule has 1 N–H and O–H groups in total. The van der Waals surface area contributed by atoms with E-state index in [2.05, 4.69) is 44.8 Å². The lowest BCUT2D eigenvalue weighted by Gasteiger charge is -2.38. The molecule has 2 heteroatoms. The van der Waals surface area contributed by atoms with E-state index in [1.54, 1.807) is 0 Å². The van der Waals surface area contributed by atoms with Gasteiger partial charge in [-0.15, -0.1) is 0 Å². The van der Waals surface area contributed by atoms with Gasteiger partial charge in [-0.2, -0.15) is 0 Å². The zero-order valence-corrected chi connectivity index (χ0v) is 14.0. The van der Waals surface area contributed by atoms with E-state index in [1.165, 1.54) is 45.2 Å². The standard InChI is InChI=1S/C17H36N2/c1-6-17(5,13-18-12-15(3)4)14-19(7-2)16-10-8-9-11-16/h15-16,18H,6-14H2,1-5H3. The van der Waals surface area contributed by atoms with Crippen LogP contribution in [0.4, 0.5) is 0 Å². The van der Waals surface area contributed by atoms with Gasteiger partial charge in [-0.1, -0.05) is 47.5 Å². The zero-order valence-electron chi connectivity index (χ0n) is 14.0. The Balaban J connectivity index is 2.46. The summed E-state index contributed by atoms with van der Waals surface area (Å²) in [7, 11) is 0. The lowest BCUT2D eigenvalue weighted by molar-refractivity contribution is 0.119. The lowest BCUT2D eigenvalue weighted by Crippen LogP contribution is -2.45. The van der Waals surface area contributed by atoms with E-state index in [1.807, 2.05) is 0 Å². The minimum absolute atomic E-state index is 0.424. The summed E-state index contributed by atoms with van der Waals surface area (Å²) >= 11 is 0. The third kappa shape index (κ3) is 5.83. The average molecular weight is 268 g/mol. The van der Waals surface area contributed by atoms with Gasteiger partial charge in [0.15, 0.2) is 0 Å². The van der Waals surface area contributed by atoms with Gasteiger partial charge in [0, 0.05) is 19.1 Å². The zero-order chi connectivity index (χ0) is 14.3. The maximum atomic E-state index is 3.67. The molecule has 0 heterocycles. The van der Waals surface area contributed by atoms with Crippen molar-refractivity contribution in [1.29, 1.82) is 0 Å². The van der Waals surface area contributed by atoms with Crippen LogP contribution in [-0.2, 0) is 0 Å². The van der Waals surface area contributed by atoms with E-state index in [9.17, 15) is 0 Å². The van der Waals surface area contributed by atoms with Crippen LogP contribution >= 0.6 is 0 Å². The molecule has 0 spiro atoms. The van der Waals surface area contributed by atoms with Crippen molar-refractivity contribution in [2.45, 2.75) is 72.8 Å². The van der Waals surface area contributed by atoms with E-state index in [4.69, 9.17) is 0 Å². The van der Waals surface area contributed by atoms with Crippen molar-refractivity contribution in [3.05, 3.63) is 0 Å². The van der Waals surface area contributed by atoms with E-state index < -0.39 is 0 Å². The first-order valence-electron chi connectivity index (χ1n) is 8.45. The summed E-state index contributed by atoms with van der Waals surface area (Å²) in [5.74, 6) is 0.748. The predicted molar refractivity (Wildman–Crippen MR) is 85.6 cm³/mol. The number of hydrogen-bond donors (Lipinski definition) is 1. The smallest absolute Gasteiger partial charge is 0.00953 e. The molecular formula is C17H36N2. The summed E-state index contributed by atoms with van der Waals surface area (Å²) in [6.45, 7) is 16.5. The Bertz CT molecular complexity index is 233. The Labute approximate surface area is 121 Å². The van der Waals surface area contributed by atoms with Crippen LogP contribution in [-0.4, -0.2) is 37.1 Å². The van der Waals surface area contributed by atoms with Crippen LogP contribution < -0.4 is 5.32 Å². The molecule has 19 heavy (non-hydrogen) atoms. The van der Waals surface area contributed by atoms with Gasteiger partial charge in [0.1, 0.15) is 0 Å². The summed E-state index contributed by atoms with van der Waals surface area (Å²) in [5, 5.41) is 3.67. The Morgan fingerprint density at radius 1 is 1.21 bits per heavy atom. The van der Waals surface area contributed by atoms with Crippen molar-refractivity contribution in [3.8, 4) is 0 Å². The molecule has 1 atom stereocenters. The number of rotatable bonds is 9. The summed E-state index contributed by atoms with van der Waals surface area (Å²) in [6, 6.07) is 0.862. The van der Waals surface area contributed by atoms with Crippen LogP contribution in [0.15, 0.2) is 0 Å². The van der Waals surface area contributed by atoms with Crippen LogP contribution in [0.5, 0.6) is 0 Å². The third-order valence-corrected chi connectivity index (χ3v) is 4.79. The fourth-order valence-electron chi connectivity index (χ4n) is 3.21. The van der Waals surface area contributed by atoms with Crippen molar-refractivity contribution in [2.24, 2.45) is 11.3 Å². The summed E-state index contributed by atoms with van der Waals surface area (Å²) < 4.78 is 0. The molecule has 1 unspecified atom stereocenters. The van der Waals surface area contributed by atoms with E-state index in [0.717, 1.165) is 25.0 Å². The molecule has 0 aromatic rings. The Morgan fingerprint density at radius 3 is 2.32 bits per heavy atom. The monoisotopic (exact) mass is 268 g/mol. The van der Waals surface area contributed by atoms with Crippen molar-refractivity contribution < 1.29 is 0 Å². The second kappa shape index (κ2) is 8.26. The summed E-state index contributed by atoms with van der Waals surface area (Å²) in [5.41, 5.74) is 0.424. The minimum atomic E-state index is 0.424. The van der Waals surface area contributed by atoms with E-state index >= 15 is 0 Å². The number of nitrogens with one attached hydrogen (secondary N) is 1. The van der Waals surface area contributed by atoms with Gasteiger partial charge in [-0.05, 0) is 43.7 Å². The van der Waals surface area contributed by atoms with Crippen LogP contribution in [0, 0.1) is 11.3 Å². The molecule has 0 saturated heterocycles. The fourth-order valence-corrected chi connectivity index (χ4v) is 3.21. The topological polar surface area (TPSA) is 15.3 Å². The van der Waals surface area contributed by atoms with Gasteiger partial charge in [0.2, 0.25) is 0 Å². The predicted octanol–water partition coefficient (Wildman–Crippen LogP) is 3.91. The highest BCUT2D eigenvalue weighted by atomic mass is 15.2. The van der Waals surface area contributed by atoms with Gasteiger partial charge in [0.05, 0.1) is 0 Å². The molecule has 0 bridgehead atoms. The largest absolute Gasteiger partial charge is 0.316 e. The number of nitrogens with zero attached hydrogens (tertiary/aromatic N) is 1. The summed E-state index contributed by atoms with van der Waals surface area (Å²) in [6.07, 6.45) is 6.99. The molecule has 1 saturated carbocycles. The van der Waals surface area contributed by atoms with Gasteiger partial charge < -0.3 is 10.2 Å². The first-order chi connectivity index (χ1) is 9.00. The molecule has 114 valence electrons. The van der Waals surface area contributed by atoms with E-state index in [-0.39, 0.29) is 0 Å². The molecule has 0 radical (unpaired) electrons. The second-order valence-corrected chi connectivity index (χ2v) is 7.19. The highest BCUT2D eigenvalue weighted by Crippen LogP contribution is 2.28. The first kappa shape index (κ1) is 17.0. The Morgan fingerprint density at radius 2 is 1.84 bits per heavy atom. The number of hydrogen-bond acceptors (Lipinski definition) is 2. The SMILES string of the molecule is CCN(CC(C)(CC)CNCC(C)C)C1CCCC1. The molecule has 1 rings (SSSR count). The molecule has 0 aromatic heterocycles. The first-order valence-corrected chi connectivity index (χ1v) is 8.45. The normalized spacial score (nSPS) is 20.4. The van der Waals surface area contributed by atoms with Crippen LogP contribution in [0.1, 0.15) is 66.7 Å². The van der Waals surface area contributed by atoms with Crippen molar-refractivity contribution >= 4 is 0 Å². The quantitative estimate of drug-likeness (QED) is 0.682. The molecular weight excluding hydrogens is 232 g/mol. The third-order valence-electron chi connectivity index (χ3n) is 4.79. The average Bonchev–Trinajstić information content (AvgIpc) is 2.89. The van der Waals surface area contributed by atoms with E-state index in [0.29, 0.717) is 5.41 Å². The molecule has 0 amide bonds. The maximum absolute atomic E-state index is 3.67. The lowest BCUT2D eigenvalue weighted by atomic mass is 9.86. The highest BCUT2D eigenvalue weighted by molar-refractivity contribution is 4.84. The highest BCUT2D eigenvalue weighted by Gasteiger charge is 2.29. The van der Waals surface area contributed by atoms with Crippen molar-refractivity contribution in [3.63, 3.8) is 0 Å². The molecule has 1 aliphatic rings. The van der Waals surface area contributed by atoms with Crippen LogP contribution in [0.3, 0.4) is 0 Å². The van der Waals surface area contributed by atoms with Gasteiger partial charge in [-0.25, -0.2) is 0 Å². The van der Waals surface area contributed by atoms with Crippen molar-refractivity contribution in [2.75, 3.05) is 26.2 Å². The second-order valence-electron chi connectivity index (χ2n) is 7.19. The molecule has 0 aromatic carbocycles. The Kier molecular flexibility index (Phi) is 7.38. The van der Waals surface area contributed by atoms with Gasteiger partial charge >= 0.3 is 0 Å².